The maximum absolute atomic E-state index is 14.7. The van der Waals surface area contributed by atoms with Crippen LogP contribution in [0.3, 0.4) is 0 Å². The summed E-state index contributed by atoms with van der Waals surface area (Å²) in [6, 6.07) is 8.74. The van der Waals surface area contributed by atoms with Gasteiger partial charge in [-0.15, -0.1) is 11.3 Å². The third kappa shape index (κ3) is 8.12. The van der Waals surface area contributed by atoms with E-state index < -0.39 is 38.6 Å². The summed E-state index contributed by atoms with van der Waals surface area (Å²) in [6.07, 6.45) is -6.24. The van der Waals surface area contributed by atoms with E-state index >= 15 is 0 Å². The zero-order valence-corrected chi connectivity index (χ0v) is 24.3. The molecular formula is C28H30F6N3O2PS. The largest absolute Gasteiger partial charge is 0.433 e. The lowest BCUT2D eigenvalue weighted by Gasteiger charge is -2.33. The summed E-state index contributed by atoms with van der Waals surface area (Å²) in [7, 11) is -0.904. The van der Waals surface area contributed by atoms with Gasteiger partial charge >= 0.3 is 12.8 Å². The van der Waals surface area contributed by atoms with Crippen molar-refractivity contribution in [3.63, 3.8) is 0 Å². The number of ether oxygens (including phenoxy) is 1. The van der Waals surface area contributed by atoms with E-state index in [2.05, 4.69) is 27.2 Å². The van der Waals surface area contributed by atoms with E-state index in [0.29, 0.717) is 34.0 Å². The molecule has 222 valence electrons. The Kier molecular flexibility index (Phi) is 9.52. The second-order valence-electron chi connectivity index (χ2n) is 10.3. The molecule has 1 saturated heterocycles. The predicted molar refractivity (Wildman–Crippen MR) is 154 cm³/mol. The van der Waals surface area contributed by atoms with Crippen molar-refractivity contribution in [2.24, 2.45) is 0 Å². The quantitative estimate of drug-likeness (QED) is 0.166. The molecule has 5 nitrogen and oxygen atoms in total. The summed E-state index contributed by atoms with van der Waals surface area (Å²) < 4.78 is 98.7. The fourth-order valence-corrected chi connectivity index (χ4v) is 6.66. The van der Waals surface area contributed by atoms with Gasteiger partial charge in [-0.2, -0.15) is 22.0 Å². The molecule has 4 rings (SSSR count). The number of hydrogen-bond acceptors (Lipinski definition) is 6. The Morgan fingerprint density at radius 2 is 1.95 bits per heavy atom. The Labute approximate surface area is 238 Å². The minimum atomic E-state index is -4.48. The van der Waals surface area contributed by atoms with Gasteiger partial charge in [0.25, 0.3) is 0 Å². The van der Waals surface area contributed by atoms with Crippen LogP contribution in [0.25, 0.3) is 10.1 Å². The number of rotatable bonds is 8. The first kappa shape index (κ1) is 31.1. The average molecular weight is 618 g/mol. The summed E-state index contributed by atoms with van der Waals surface area (Å²) in [5, 5.41) is 6.79. The van der Waals surface area contributed by atoms with Crippen LogP contribution in [0.1, 0.15) is 16.9 Å². The van der Waals surface area contributed by atoms with Crippen LogP contribution in [0.2, 0.25) is 0 Å². The zero-order chi connectivity index (χ0) is 29.9. The van der Waals surface area contributed by atoms with E-state index in [1.807, 2.05) is 11.9 Å². The topological polar surface area (TPSA) is 53.6 Å². The number of alkyl halides is 6. The van der Waals surface area contributed by atoms with Gasteiger partial charge in [0.15, 0.2) is 0 Å². The van der Waals surface area contributed by atoms with Gasteiger partial charge in [0.2, 0.25) is 0 Å². The standard InChI is InChI=1S/C28H30F6N3O2PS/c1-37-13-11-21(20(29)16-37)36-23-7-4-6-18-19(15-28(32,33)34)25(41-26(18)23)8-5-12-35-22-10-9-17(40(2,3)38)14-24(22)39-27(30)31/h4,6-7,9-10,14,20-21,27,35-36H,11-13,15-16H2,1-3H3/t20-,21+/m0/s1. The number of likely N-dealkylation sites (tertiary alicyclic amines) is 1. The van der Waals surface area contributed by atoms with Gasteiger partial charge in [-0.25, -0.2) is 4.39 Å². The molecule has 0 aliphatic carbocycles. The molecular weight excluding hydrogens is 587 g/mol. The van der Waals surface area contributed by atoms with Crippen molar-refractivity contribution in [1.82, 2.24) is 4.90 Å². The summed E-state index contributed by atoms with van der Waals surface area (Å²) in [5.41, 5.74) is 0.757. The highest BCUT2D eigenvalue weighted by Gasteiger charge is 2.32. The molecule has 1 aliphatic rings. The normalized spacial score (nSPS) is 18.3. The van der Waals surface area contributed by atoms with Crippen LogP contribution >= 0.6 is 18.5 Å². The molecule has 3 aromatic rings. The number of fused-ring (bicyclic) bond motifs is 1. The molecule has 2 atom stereocenters. The Balaban J connectivity index is 1.61. The van der Waals surface area contributed by atoms with Gasteiger partial charge in [-0.1, -0.05) is 24.0 Å². The summed E-state index contributed by atoms with van der Waals surface area (Å²) in [5.74, 6) is 5.36. The maximum Gasteiger partial charge on any atom is 0.393 e. The number of thiophene rings is 1. The third-order valence-corrected chi connectivity index (χ3v) is 9.37. The first-order valence-corrected chi connectivity index (χ1v) is 16.2. The first-order valence-electron chi connectivity index (χ1n) is 12.8. The molecule has 0 unspecified atom stereocenters. The molecule has 1 aromatic heterocycles. The predicted octanol–water partition coefficient (Wildman–Crippen LogP) is 6.77. The molecule has 13 heteroatoms. The minimum absolute atomic E-state index is 0.0292. The van der Waals surface area contributed by atoms with Crippen LogP contribution in [0, 0.1) is 11.8 Å². The van der Waals surface area contributed by atoms with Gasteiger partial charge in [0, 0.05) is 18.4 Å². The van der Waals surface area contributed by atoms with Gasteiger partial charge in [-0.05, 0) is 62.0 Å². The van der Waals surface area contributed by atoms with Crippen LogP contribution in [0.5, 0.6) is 5.75 Å². The molecule has 0 bridgehead atoms. The third-order valence-electron chi connectivity index (χ3n) is 6.65. The van der Waals surface area contributed by atoms with Gasteiger partial charge < -0.3 is 24.8 Å². The average Bonchev–Trinajstić information content (AvgIpc) is 3.20. The van der Waals surface area contributed by atoms with E-state index in [9.17, 15) is 30.9 Å². The van der Waals surface area contributed by atoms with Crippen LogP contribution in [-0.2, 0) is 11.0 Å². The van der Waals surface area contributed by atoms with E-state index in [-0.39, 0.29) is 35.0 Å². The Hall–Kier alpha value is -2.87. The van der Waals surface area contributed by atoms with Crippen molar-refractivity contribution in [2.45, 2.75) is 37.8 Å². The van der Waals surface area contributed by atoms with E-state index in [1.54, 1.807) is 18.2 Å². The summed E-state index contributed by atoms with van der Waals surface area (Å²) in [6.45, 7) is 0.772. The number of benzene rings is 2. The van der Waals surface area contributed by atoms with Gasteiger partial charge in [0.05, 0.1) is 40.0 Å². The Morgan fingerprint density at radius 1 is 1.20 bits per heavy atom. The lowest BCUT2D eigenvalue weighted by Crippen LogP contribution is -2.46. The Bertz CT molecular complexity index is 1490. The molecule has 1 aliphatic heterocycles. The van der Waals surface area contributed by atoms with Gasteiger partial charge in [0.1, 0.15) is 19.1 Å². The maximum atomic E-state index is 14.7. The van der Waals surface area contributed by atoms with Crippen molar-refractivity contribution in [3.8, 4) is 17.6 Å². The van der Waals surface area contributed by atoms with Crippen molar-refractivity contribution in [1.29, 1.82) is 0 Å². The lowest BCUT2D eigenvalue weighted by atomic mass is 10.0. The summed E-state index contributed by atoms with van der Waals surface area (Å²) in [4.78, 5) is 2.10. The highest BCUT2D eigenvalue weighted by molar-refractivity contribution is 7.70. The highest BCUT2D eigenvalue weighted by atomic mass is 32.1. The molecule has 41 heavy (non-hydrogen) atoms. The van der Waals surface area contributed by atoms with E-state index in [0.717, 1.165) is 11.3 Å². The minimum Gasteiger partial charge on any atom is -0.433 e. The van der Waals surface area contributed by atoms with E-state index in [4.69, 9.17) is 0 Å². The Morgan fingerprint density at radius 3 is 2.61 bits per heavy atom. The van der Waals surface area contributed by atoms with Crippen molar-refractivity contribution < 1.29 is 35.6 Å². The number of hydrogen-bond donors (Lipinski definition) is 2. The van der Waals surface area contributed by atoms with Crippen LogP contribution < -0.4 is 20.7 Å². The molecule has 2 heterocycles. The molecule has 2 N–H and O–H groups in total. The number of halogens is 6. The molecule has 0 spiro atoms. The van der Waals surface area contributed by atoms with Gasteiger partial charge in [-0.3, -0.25) is 0 Å². The zero-order valence-electron chi connectivity index (χ0n) is 22.6. The number of piperidine rings is 1. The second kappa shape index (κ2) is 12.6. The van der Waals surface area contributed by atoms with E-state index in [1.165, 1.54) is 31.5 Å². The van der Waals surface area contributed by atoms with Crippen molar-refractivity contribution >= 4 is 45.2 Å². The van der Waals surface area contributed by atoms with Crippen LogP contribution in [-0.4, -0.2) is 69.9 Å². The number of nitrogens with one attached hydrogen (secondary N) is 2. The lowest BCUT2D eigenvalue weighted by molar-refractivity contribution is -0.126. The smallest absolute Gasteiger partial charge is 0.393 e. The fourth-order valence-electron chi connectivity index (χ4n) is 4.63. The fraction of sp³-hybridized carbons (Fsp3) is 0.429. The molecule has 1 fully saturated rings. The highest BCUT2D eigenvalue weighted by Crippen LogP contribution is 2.40. The number of anilines is 2. The van der Waals surface area contributed by atoms with Crippen molar-refractivity contribution in [3.05, 3.63) is 46.8 Å². The monoisotopic (exact) mass is 617 g/mol. The molecule has 0 radical (unpaired) electrons. The van der Waals surface area contributed by atoms with Crippen LogP contribution in [0.15, 0.2) is 36.4 Å². The summed E-state index contributed by atoms with van der Waals surface area (Å²) >= 11 is 1.09. The SMILES string of the molecule is CN1CC[C@@H](Nc2cccc3c(CC(F)(F)F)c(C#CCNc4ccc(P(C)(C)=O)cc4OC(F)F)sc23)[C@@H](F)C1. The van der Waals surface area contributed by atoms with Crippen LogP contribution in [0.4, 0.5) is 37.7 Å². The first-order chi connectivity index (χ1) is 19.2. The molecule has 0 amide bonds. The number of nitrogens with zero attached hydrogens (tertiary/aromatic N) is 1. The molecule has 0 saturated carbocycles. The molecule has 2 aromatic carbocycles. The second-order valence-corrected chi connectivity index (χ2v) is 14.5. The van der Waals surface area contributed by atoms with Crippen molar-refractivity contribution in [2.75, 3.05) is 50.6 Å².